The van der Waals surface area contributed by atoms with Gasteiger partial charge < -0.3 is 13.4 Å². The van der Waals surface area contributed by atoms with Crippen LogP contribution in [0.1, 0.15) is 0 Å². The molecule has 6 heteroatoms. The first kappa shape index (κ1) is 27.9. The minimum absolute atomic E-state index is 0.591. The smallest absolute Gasteiger partial charge is 0.164 e. The zero-order valence-electron chi connectivity index (χ0n) is 27.1. The van der Waals surface area contributed by atoms with Crippen molar-refractivity contribution in [3.8, 4) is 39.9 Å². The summed E-state index contributed by atoms with van der Waals surface area (Å²) >= 11 is 0. The fourth-order valence-corrected chi connectivity index (χ4v) is 7.45. The van der Waals surface area contributed by atoms with Crippen LogP contribution in [0, 0.1) is 0 Å². The molecule has 0 amide bonds. The summed E-state index contributed by atoms with van der Waals surface area (Å²) in [5, 5.41) is 6.70. The lowest BCUT2D eigenvalue weighted by Gasteiger charge is -2.08. The molecule has 11 rings (SSSR count). The number of aromatic nitrogens is 4. The van der Waals surface area contributed by atoms with Crippen LogP contribution in [0.5, 0.6) is 0 Å². The quantitative estimate of drug-likeness (QED) is 0.189. The number of nitrogens with zero attached hydrogens (tertiary/aromatic N) is 4. The third kappa shape index (κ3) is 4.33. The lowest BCUT2D eigenvalue weighted by atomic mass is 10.1. The van der Waals surface area contributed by atoms with Crippen molar-refractivity contribution >= 4 is 65.7 Å². The molecule has 0 N–H and O–H groups in total. The van der Waals surface area contributed by atoms with Gasteiger partial charge in [0, 0.05) is 66.8 Å². The molecule has 0 radical (unpaired) electrons. The number of rotatable bonds is 4. The van der Waals surface area contributed by atoms with Crippen molar-refractivity contribution in [2.75, 3.05) is 0 Å². The van der Waals surface area contributed by atoms with Gasteiger partial charge in [0.25, 0.3) is 0 Å². The van der Waals surface area contributed by atoms with Gasteiger partial charge in [0.05, 0.1) is 11.0 Å². The zero-order chi connectivity index (χ0) is 33.5. The lowest BCUT2D eigenvalue weighted by Crippen LogP contribution is -2.00. The Labute approximate surface area is 290 Å². The molecule has 0 aliphatic rings. The predicted octanol–water partition coefficient (Wildman–Crippen LogP) is 11.8. The van der Waals surface area contributed by atoms with Crippen molar-refractivity contribution < 1.29 is 8.83 Å². The fourth-order valence-electron chi connectivity index (χ4n) is 7.45. The first-order valence-corrected chi connectivity index (χ1v) is 16.9. The second-order valence-electron chi connectivity index (χ2n) is 12.8. The Hall–Kier alpha value is -7.05. The maximum absolute atomic E-state index is 6.61. The van der Waals surface area contributed by atoms with Crippen LogP contribution in [-0.4, -0.2) is 19.5 Å². The number of furan rings is 2. The van der Waals surface area contributed by atoms with Crippen LogP contribution in [0.3, 0.4) is 0 Å². The highest BCUT2D eigenvalue weighted by Crippen LogP contribution is 2.40. The van der Waals surface area contributed by atoms with E-state index in [1.807, 2.05) is 78.9 Å². The van der Waals surface area contributed by atoms with Crippen LogP contribution in [0.4, 0.5) is 0 Å². The molecule has 238 valence electrons. The van der Waals surface area contributed by atoms with E-state index in [1.54, 1.807) is 0 Å². The van der Waals surface area contributed by atoms with Crippen molar-refractivity contribution in [2.24, 2.45) is 0 Å². The predicted molar refractivity (Wildman–Crippen MR) is 205 cm³/mol. The Kier molecular flexibility index (Phi) is 5.86. The topological polar surface area (TPSA) is 69.9 Å². The second-order valence-corrected chi connectivity index (χ2v) is 12.8. The Morgan fingerprint density at radius 2 is 0.882 bits per heavy atom. The van der Waals surface area contributed by atoms with Crippen LogP contribution in [0.25, 0.3) is 106 Å². The standard InChI is InChI=1S/C45H26N4O2/c1-3-11-27(12-4-1)43-46-44(28-13-5-2-6-14-28)48-45(47-43)29-19-21-33-34-22-20-30(24-41(34)51-40(33)23-29)49-37-17-9-7-15-31(37)35-25-36-32-16-8-10-18-39(32)50-42(36)26-38(35)49/h1-26H. The van der Waals surface area contributed by atoms with Crippen LogP contribution in [0.15, 0.2) is 167 Å². The van der Waals surface area contributed by atoms with Gasteiger partial charge >= 0.3 is 0 Å². The van der Waals surface area contributed by atoms with Crippen molar-refractivity contribution in [3.05, 3.63) is 158 Å². The summed E-state index contributed by atoms with van der Waals surface area (Å²) < 4.78 is 15.2. The number of fused-ring (bicyclic) bond motifs is 9. The zero-order valence-corrected chi connectivity index (χ0v) is 27.1. The third-order valence-electron chi connectivity index (χ3n) is 9.84. The molecule has 51 heavy (non-hydrogen) atoms. The molecule has 0 spiro atoms. The summed E-state index contributed by atoms with van der Waals surface area (Å²) in [6, 6.07) is 53.9. The minimum Gasteiger partial charge on any atom is -0.456 e. The summed E-state index contributed by atoms with van der Waals surface area (Å²) in [7, 11) is 0. The van der Waals surface area contributed by atoms with E-state index in [0.29, 0.717) is 17.5 Å². The highest BCUT2D eigenvalue weighted by atomic mass is 16.3. The maximum atomic E-state index is 6.61. The van der Waals surface area contributed by atoms with E-state index in [0.717, 1.165) is 77.3 Å². The molecule has 0 unspecified atom stereocenters. The molecule has 0 saturated heterocycles. The fraction of sp³-hybridized carbons (Fsp3) is 0. The van der Waals surface area contributed by atoms with Crippen molar-refractivity contribution in [1.29, 1.82) is 0 Å². The third-order valence-corrected chi connectivity index (χ3v) is 9.84. The molecule has 0 bridgehead atoms. The van der Waals surface area contributed by atoms with Gasteiger partial charge in [-0.15, -0.1) is 0 Å². The van der Waals surface area contributed by atoms with Gasteiger partial charge in [-0.25, -0.2) is 15.0 Å². The molecule has 0 fully saturated rings. The van der Waals surface area contributed by atoms with Gasteiger partial charge in [-0.1, -0.05) is 103 Å². The van der Waals surface area contributed by atoms with E-state index in [2.05, 4.69) is 83.4 Å². The molecule has 11 aromatic rings. The van der Waals surface area contributed by atoms with E-state index < -0.39 is 0 Å². The highest BCUT2D eigenvalue weighted by molar-refractivity contribution is 6.17. The SMILES string of the molecule is c1ccc(-c2nc(-c3ccccc3)nc(-c3ccc4c(c3)oc3cc(-n5c6ccccc6c6cc7c(cc65)oc5ccccc57)ccc34)n2)cc1. The summed E-state index contributed by atoms with van der Waals surface area (Å²) in [6.07, 6.45) is 0. The molecule has 0 atom stereocenters. The Morgan fingerprint density at radius 3 is 1.63 bits per heavy atom. The highest BCUT2D eigenvalue weighted by Gasteiger charge is 2.18. The van der Waals surface area contributed by atoms with Crippen LogP contribution >= 0.6 is 0 Å². The minimum atomic E-state index is 0.591. The van der Waals surface area contributed by atoms with E-state index >= 15 is 0 Å². The number of hydrogen-bond donors (Lipinski definition) is 0. The van der Waals surface area contributed by atoms with Crippen molar-refractivity contribution in [1.82, 2.24) is 19.5 Å². The van der Waals surface area contributed by atoms with Gasteiger partial charge in [-0.2, -0.15) is 0 Å². The molecular formula is C45H26N4O2. The molecular weight excluding hydrogens is 629 g/mol. The van der Waals surface area contributed by atoms with Gasteiger partial charge in [-0.05, 0) is 42.5 Å². The molecule has 0 saturated carbocycles. The van der Waals surface area contributed by atoms with Gasteiger partial charge in [-0.3, -0.25) is 0 Å². The van der Waals surface area contributed by atoms with Crippen LogP contribution in [-0.2, 0) is 0 Å². The van der Waals surface area contributed by atoms with E-state index in [-0.39, 0.29) is 0 Å². The Morgan fingerprint density at radius 1 is 0.333 bits per heavy atom. The normalized spacial score (nSPS) is 11.9. The molecule has 6 nitrogen and oxygen atoms in total. The summed E-state index contributed by atoms with van der Waals surface area (Å²) in [5.74, 6) is 1.84. The van der Waals surface area contributed by atoms with Gasteiger partial charge in [0.2, 0.25) is 0 Å². The lowest BCUT2D eigenvalue weighted by molar-refractivity contribution is 0.668. The van der Waals surface area contributed by atoms with E-state index in [9.17, 15) is 0 Å². The van der Waals surface area contributed by atoms with Crippen LogP contribution in [0.2, 0.25) is 0 Å². The van der Waals surface area contributed by atoms with Crippen molar-refractivity contribution in [3.63, 3.8) is 0 Å². The first-order chi connectivity index (χ1) is 25.2. The average Bonchev–Trinajstić information content (AvgIpc) is 3.85. The molecule has 4 heterocycles. The number of hydrogen-bond acceptors (Lipinski definition) is 5. The molecule has 7 aromatic carbocycles. The molecule has 0 aliphatic carbocycles. The van der Waals surface area contributed by atoms with E-state index in [4.69, 9.17) is 23.8 Å². The van der Waals surface area contributed by atoms with Crippen molar-refractivity contribution in [2.45, 2.75) is 0 Å². The summed E-state index contributed by atoms with van der Waals surface area (Å²) in [5.41, 5.74) is 9.28. The monoisotopic (exact) mass is 654 g/mol. The molecule has 4 aromatic heterocycles. The van der Waals surface area contributed by atoms with Gasteiger partial charge in [0.15, 0.2) is 17.5 Å². The van der Waals surface area contributed by atoms with Gasteiger partial charge in [0.1, 0.15) is 22.3 Å². The Balaban J connectivity index is 1.07. The number of benzene rings is 7. The maximum Gasteiger partial charge on any atom is 0.164 e. The van der Waals surface area contributed by atoms with Crippen LogP contribution < -0.4 is 0 Å². The summed E-state index contributed by atoms with van der Waals surface area (Å²) in [4.78, 5) is 14.7. The first-order valence-electron chi connectivity index (χ1n) is 16.9. The van der Waals surface area contributed by atoms with E-state index in [1.165, 1.54) is 10.8 Å². The second kappa shape index (κ2) is 10.7. The average molecular weight is 655 g/mol. The molecule has 0 aliphatic heterocycles. The number of para-hydroxylation sites is 2. The summed E-state index contributed by atoms with van der Waals surface area (Å²) in [6.45, 7) is 0. The largest absolute Gasteiger partial charge is 0.456 e. The Bertz CT molecular complexity index is 3080.